The smallest absolute Gasteiger partial charge is 0.209 e. The minimum absolute atomic E-state index is 0.150. The van der Waals surface area contributed by atoms with Crippen LogP contribution in [0.4, 0.5) is 0 Å². The molecule has 1 aliphatic heterocycles. The van der Waals surface area contributed by atoms with Crippen LogP contribution in [0.3, 0.4) is 0 Å². The molecule has 0 unspecified atom stereocenters. The highest BCUT2D eigenvalue weighted by Gasteiger charge is 2.41. The second-order valence-electron chi connectivity index (χ2n) is 3.36. The number of hydrogen-bond acceptors (Lipinski definition) is 6. The Labute approximate surface area is 100 Å². The first kappa shape index (κ1) is 14.2. The van der Waals surface area contributed by atoms with Crippen LogP contribution in [-0.4, -0.2) is 57.4 Å². The Kier molecular flexibility index (Phi) is 3.20. The normalized spacial score (nSPS) is 19.0. The van der Waals surface area contributed by atoms with Gasteiger partial charge in [0.25, 0.3) is 0 Å². The van der Waals surface area contributed by atoms with Gasteiger partial charge in [-0.3, -0.25) is 0 Å². The molecular formula is C5H11N3O6S3. The fraction of sp³-hybridized carbons (Fsp3) is 0.600. The molecule has 0 saturated carbocycles. The summed E-state index contributed by atoms with van der Waals surface area (Å²) in [7, 11) is -12.0. The highest BCUT2D eigenvalue weighted by molar-refractivity contribution is 7.92. The van der Waals surface area contributed by atoms with Crippen molar-refractivity contribution in [3.05, 3.63) is 12.4 Å². The maximum atomic E-state index is 11.4. The highest BCUT2D eigenvalue weighted by atomic mass is 32.2. The van der Waals surface area contributed by atoms with Crippen LogP contribution in [0.25, 0.3) is 0 Å². The van der Waals surface area contributed by atoms with Gasteiger partial charge < -0.3 is 0 Å². The maximum Gasteiger partial charge on any atom is 0.248 e. The van der Waals surface area contributed by atoms with E-state index in [2.05, 4.69) is 0 Å². The minimum atomic E-state index is -4.10. The summed E-state index contributed by atoms with van der Waals surface area (Å²) in [6, 6.07) is 0. The molecule has 0 radical (unpaired) electrons. The zero-order valence-electron chi connectivity index (χ0n) is 9.17. The van der Waals surface area contributed by atoms with E-state index in [1.807, 2.05) is 0 Å². The topological polar surface area (TPSA) is 112 Å². The first-order chi connectivity index (χ1) is 7.35. The molecule has 1 heterocycles. The summed E-state index contributed by atoms with van der Waals surface area (Å²) in [5.41, 5.74) is 0. The van der Waals surface area contributed by atoms with Crippen molar-refractivity contribution < 1.29 is 25.3 Å². The van der Waals surface area contributed by atoms with Crippen molar-refractivity contribution in [2.75, 3.05) is 18.8 Å². The van der Waals surface area contributed by atoms with Crippen molar-refractivity contribution >= 4 is 30.1 Å². The van der Waals surface area contributed by atoms with E-state index in [0.717, 1.165) is 24.9 Å². The predicted molar refractivity (Wildman–Crippen MR) is 59.2 cm³/mol. The quantitative estimate of drug-likeness (QED) is 0.601. The predicted octanol–water partition coefficient (Wildman–Crippen LogP) is -1.91. The molecule has 0 saturated heterocycles. The third-order valence-electron chi connectivity index (χ3n) is 1.64. The van der Waals surface area contributed by atoms with Crippen molar-refractivity contribution in [2.24, 2.45) is 0 Å². The minimum Gasteiger partial charge on any atom is -0.209 e. The molecule has 0 amide bonds. The third kappa shape index (κ3) is 2.88. The van der Waals surface area contributed by atoms with Gasteiger partial charge in [-0.05, 0) is 0 Å². The monoisotopic (exact) mass is 305 g/mol. The molecule has 100 valence electrons. The Hall–Kier alpha value is -0.850. The van der Waals surface area contributed by atoms with E-state index in [1.54, 1.807) is 0 Å². The van der Waals surface area contributed by atoms with Gasteiger partial charge in [0.05, 0.1) is 31.2 Å². The Morgan fingerprint density at radius 3 is 1.12 bits per heavy atom. The average molecular weight is 305 g/mol. The summed E-state index contributed by atoms with van der Waals surface area (Å²) >= 11 is 0. The molecule has 9 nitrogen and oxygen atoms in total. The standard InChI is InChI=1S/C5H11N3O6S3/c1-15(9,10)6-4-5-7(16(2,11)12)8(6)17(3,13)14/h4-5H,1-3H3. The molecule has 0 atom stereocenters. The van der Waals surface area contributed by atoms with E-state index in [0.29, 0.717) is 15.1 Å². The van der Waals surface area contributed by atoms with Crippen LogP contribution in [0.15, 0.2) is 12.4 Å². The van der Waals surface area contributed by atoms with Gasteiger partial charge >= 0.3 is 0 Å². The molecule has 0 N–H and O–H groups in total. The van der Waals surface area contributed by atoms with E-state index in [-0.39, 0.29) is 4.52 Å². The lowest BCUT2D eigenvalue weighted by atomic mass is 11.0. The second-order valence-corrected chi connectivity index (χ2v) is 8.83. The molecule has 0 fully saturated rings. The van der Waals surface area contributed by atoms with Crippen LogP contribution in [0.2, 0.25) is 0 Å². The largest absolute Gasteiger partial charge is 0.248 e. The second kappa shape index (κ2) is 3.83. The first-order valence-electron chi connectivity index (χ1n) is 4.02. The maximum absolute atomic E-state index is 11.4. The lowest BCUT2D eigenvalue weighted by Gasteiger charge is -2.29. The molecule has 0 aromatic rings. The first-order valence-corrected chi connectivity index (χ1v) is 9.57. The third-order valence-corrected chi connectivity index (χ3v) is 4.70. The number of hydrazine groups is 2. The van der Waals surface area contributed by atoms with E-state index in [4.69, 9.17) is 0 Å². The van der Waals surface area contributed by atoms with E-state index < -0.39 is 30.1 Å². The van der Waals surface area contributed by atoms with Gasteiger partial charge in [0.2, 0.25) is 30.1 Å². The van der Waals surface area contributed by atoms with Crippen LogP contribution in [-0.2, 0) is 30.1 Å². The SMILES string of the molecule is CS(=O)(=O)N1C=CN(S(C)(=O)=O)N1S(C)(=O)=O. The molecule has 0 aromatic heterocycles. The lowest BCUT2D eigenvalue weighted by molar-refractivity contribution is 0.113. The zero-order chi connectivity index (χ0) is 13.6. The van der Waals surface area contributed by atoms with E-state index in [9.17, 15) is 25.3 Å². The summed E-state index contributed by atoms with van der Waals surface area (Å²) in [4.78, 5) is 0. The van der Waals surface area contributed by atoms with Gasteiger partial charge in [0.15, 0.2) is 0 Å². The van der Waals surface area contributed by atoms with Gasteiger partial charge in [-0.15, -0.1) is 0 Å². The molecule has 12 heteroatoms. The van der Waals surface area contributed by atoms with Gasteiger partial charge in [-0.25, -0.2) is 25.3 Å². The van der Waals surface area contributed by atoms with Crippen LogP contribution < -0.4 is 0 Å². The van der Waals surface area contributed by atoms with Crippen LogP contribution in [0, 0.1) is 0 Å². The zero-order valence-corrected chi connectivity index (χ0v) is 11.6. The number of sulfonamides is 3. The van der Waals surface area contributed by atoms with Crippen LogP contribution >= 0.6 is 0 Å². The Balaban J connectivity index is 3.42. The average Bonchev–Trinajstić information content (AvgIpc) is 2.42. The lowest BCUT2D eigenvalue weighted by Crippen LogP contribution is -2.51. The highest BCUT2D eigenvalue weighted by Crippen LogP contribution is 2.23. The molecule has 17 heavy (non-hydrogen) atoms. The summed E-state index contributed by atoms with van der Waals surface area (Å²) in [6.07, 6.45) is 3.85. The summed E-state index contributed by atoms with van der Waals surface area (Å²) in [5, 5.41) is 0. The Morgan fingerprint density at radius 2 is 0.941 bits per heavy atom. The fourth-order valence-electron chi connectivity index (χ4n) is 1.08. The van der Waals surface area contributed by atoms with Crippen LogP contribution in [0.5, 0.6) is 0 Å². The Morgan fingerprint density at radius 1 is 0.647 bits per heavy atom. The van der Waals surface area contributed by atoms with Crippen molar-refractivity contribution in [1.82, 2.24) is 13.4 Å². The summed E-state index contributed by atoms with van der Waals surface area (Å²) in [6.45, 7) is 0. The van der Waals surface area contributed by atoms with Crippen molar-refractivity contribution in [1.29, 1.82) is 0 Å². The molecular weight excluding hydrogens is 294 g/mol. The van der Waals surface area contributed by atoms with Crippen molar-refractivity contribution in [2.45, 2.75) is 0 Å². The number of hydrogen-bond donors (Lipinski definition) is 0. The van der Waals surface area contributed by atoms with Gasteiger partial charge in [0, 0.05) is 4.52 Å². The molecule has 0 aliphatic carbocycles. The van der Waals surface area contributed by atoms with E-state index in [1.165, 1.54) is 0 Å². The molecule has 1 aliphatic rings. The van der Waals surface area contributed by atoms with Gasteiger partial charge in [-0.2, -0.15) is 8.83 Å². The van der Waals surface area contributed by atoms with Crippen molar-refractivity contribution in [3.8, 4) is 0 Å². The Bertz CT molecular complexity index is 603. The molecule has 1 rings (SSSR count). The van der Waals surface area contributed by atoms with Gasteiger partial charge in [-0.1, -0.05) is 0 Å². The summed E-state index contributed by atoms with van der Waals surface area (Å²) < 4.78 is 68.9. The fourth-order valence-corrected chi connectivity index (χ4v) is 4.49. The van der Waals surface area contributed by atoms with Gasteiger partial charge in [0.1, 0.15) is 0 Å². The number of rotatable bonds is 3. The van der Waals surface area contributed by atoms with Crippen molar-refractivity contribution in [3.63, 3.8) is 0 Å². The number of nitrogens with zero attached hydrogens (tertiary/aromatic N) is 3. The molecule has 0 aromatic carbocycles. The summed E-state index contributed by atoms with van der Waals surface area (Å²) in [5.74, 6) is 0. The van der Waals surface area contributed by atoms with E-state index >= 15 is 0 Å². The molecule has 0 spiro atoms. The van der Waals surface area contributed by atoms with Crippen LogP contribution in [0.1, 0.15) is 0 Å². The molecule has 0 bridgehead atoms.